The molecule has 2 N–H and O–H groups in total. The van der Waals surface area contributed by atoms with E-state index in [2.05, 4.69) is 5.32 Å². The van der Waals surface area contributed by atoms with E-state index in [9.17, 15) is 9.50 Å². The smallest absolute Gasteiger partial charge is 0.127 e. The summed E-state index contributed by atoms with van der Waals surface area (Å²) in [5, 5.41) is 12.8. The Morgan fingerprint density at radius 2 is 2.11 bits per heavy atom. The minimum Gasteiger partial charge on any atom is -0.394 e. The second-order valence-corrected chi connectivity index (χ2v) is 5.00. The lowest BCUT2D eigenvalue weighted by Crippen LogP contribution is -2.51. The van der Waals surface area contributed by atoms with Gasteiger partial charge in [-0.15, -0.1) is 0 Å². The summed E-state index contributed by atoms with van der Waals surface area (Å²) in [4.78, 5) is 0. The van der Waals surface area contributed by atoms with Crippen LogP contribution in [0.3, 0.4) is 0 Å². The summed E-state index contributed by atoms with van der Waals surface area (Å²) in [7, 11) is 0. The molecule has 0 radical (unpaired) electrons. The van der Waals surface area contributed by atoms with E-state index in [0.29, 0.717) is 25.3 Å². The molecular formula is C14H20FNO2. The van der Waals surface area contributed by atoms with Crippen LogP contribution in [-0.4, -0.2) is 30.5 Å². The van der Waals surface area contributed by atoms with Gasteiger partial charge in [-0.3, -0.25) is 0 Å². The lowest BCUT2D eigenvalue weighted by atomic mass is 9.90. The predicted molar refractivity (Wildman–Crippen MR) is 67.8 cm³/mol. The molecule has 1 aliphatic heterocycles. The van der Waals surface area contributed by atoms with Crippen LogP contribution < -0.4 is 5.32 Å². The number of aryl methyl sites for hydroxylation is 1. The first-order valence-electron chi connectivity index (χ1n) is 6.34. The maximum atomic E-state index is 13.6. The maximum absolute atomic E-state index is 13.6. The van der Waals surface area contributed by atoms with Gasteiger partial charge in [-0.05, 0) is 25.8 Å². The van der Waals surface area contributed by atoms with E-state index in [0.717, 1.165) is 18.4 Å². The fourth-order valence-corrected chi connectivity index (χ4v) is 2.27. The molecule has 100 valence electrons. The van der Waals surface area contributed by atoms with Crippen LogP contribution in [-0.2, 0) is 11.3 Å². The van der Waals surface area contributed by atoms with E-state index < -0.39 is 0 Å². The summed E-state index contributed by atoms with van der Waals surface area (Å²) in [5.41, 5.74) is 1.36. The molecule has 18 heavy (non-hydrogen) atoms. The van der Waals surface area contributed by atoms with Gasteiger partial charge in [-0.2, -0.15) is 0 Å². The van der Waals surface area contributed by atoms with Crippen molar-refractivity contribution in [3.05, 3.63) is 35.1 Å². The van der Waals surface area contributed by atoms with Crippen molar-refractivity contribution in [3.63, 3.8) is 0 Å². The van der Waals surface area contributed by atoms with Crippen LogP contribution in [0.25, 0.3) is 0 Å². The second-order valence-electron chi connectivity index (χ2n) is 5.00. The Bertz CT molecular complexity index is 403. The van der Waals surface area contributed by atoms with Gasteiger partial charge in [-0.1, -0.05) is 17.7 Å². The van der Waals surface area contributed by atoms with Crippen LogP contribution in [0.15, 0.2) is 18.2 Å². The number of nitrogens with one attached hydrogen (secondary N) is 1. The predicted octanol–water partition coefficient (Wildman–Crippen LogP) is 1.77. The van der Waals surface area contributed by atoms with E-state index >= 15 is 0 Å². The number of benzene rings is 1. The van der Waals surface area contributed by atoms with Crippen molar-refractivity contribution < 1.29 is 14.2 Å². The van der Waals surface area contributed by atoms with Crippen molar-refractivity contribution >= 4 is 0 Å². The Labute approximate surface area is 107 Å². The lowest BCUT2D eigenvalue weighted by molar-refractivity contribution is 0.0110. The molecule has 1 saturated heterocycles. The molecule has 0 aliphatic carbocycles. The fraction of sp³-hybridized carbons (Fsp3) is 0.571. The highest BCUT2D eigenvalue weighted by atomic mass is 19.1. The van der Waals surface area contributed by atoms with E-state index in [1.54, 1.807) is 6.07 Å². The van der Waals surface area contributed by atoms with E-state index in [-0.39, 0.29) is 18.0 Å². The topological polar surface area (TPSA) is 41.5 Å². The Kier molecular flexibility index (Phi) is 4.32. The lowest BCUT2D eigenvalue weighted by Gasteiger charge is -2.36. The zero-order valence-electron chi connectivity index (χ0n) is 10.7. The molecule has 0 aromatic heterocycles. The molecule has 0 saturated carbocycles. The van der Waals surface area contributed by atoms with Gasteiger partial charge in [0.2, 0.25) is 0 Å². The summed E-state index contributed by atoms with van der Waals surface area (Å²) >= 11 is 0. The normalized spacial score (nSPS) is 18.8. The van der Waals surface area contributed by atoms with Gasteiger partial charge in [0, 0.05) is 30.9 Å². The van der Waals surface area contributed by atoms with Gasteiger partial charge in [0.05, 0.1) is 6.61 Å². The summed E-state index contributed by atoms with van der Waals surface area (Å²) in [6.45, 7) is 3.73. The average Bonchev–Trinajstić information content (AvgIpc) is 2.41. The fourth-order valence-electron chi connectivity index (χ4n) is 2.27. The number of rotatable bonds is 4. The van der Waals surface area contributed by atoms with Crippen LogP contribution in [0.2, 0.25) is 0 Å². The quantitative estimate of drug-likeness (QED) is 0.859. The first-order valence-corrected chi connectivity index (χ1v) is 6.34. The molecule has 0 atom stereocenters. The van der Waals surface area contributed by atoms with Gasteiger partial charge in [0.15, 0.2) is 0 Å². The zero-order chi connectivity index (χ0) is 13.0. The van der Waals surface area contributed by atoms with Crippen molar-refractivity contribution in [1.82, 2.24) is 5.32 Å². The van der Waals surface area contributed by atoms with Gasteiger partial charge >= 0.3 is 0 Å². The number of aliphatic hydroxyl groups excluding tert-OH is 1. The molecule has 0 amide bonds. The molecule has 2 rings (SSSR count). The highest BCUT2D eigenvalue weighted by Crippen LogP contribution is 2.21. The van der Waals surface area contributed by atoms with Crippen molar-refractivity contribution in [2.45, 2.75) is 31.8 Å². The number of hydrogen-bond donors (Lipinski definition) is 2. The van der Waals surface area contributed by atoms with Crippen molar-refractivity contribution in [2.75, 3.05) is 19.8 Å². The Morgan fingerprint density at radius 1 is 1.39 bits per heavy atom. The molecule has 0 unspecified atom stereocenters. The SMILES string of the molecule is Cc1ccc(F)c(CNC2(CO)CCOCC2)c1. The van der Waals surface area contributed by atoms with E-state index in [1.165, 1.54) is 6.07 Å². The van der Waals surface area contributed by atoms with Crippen LogP contribution >= 0.6 is 0 Å². The minimum atomic E-state index is -0.325. The molecule has 1 aromatic carbocycles. The van der Waals surface area contributed by atoms with E-state index in [1.807, 2.05) is 13.0 Å². The first kappa shape index (κ1) is 13.5. The standard InChI is InChI=1S/C14H20FNO2/c1-11-2-3-13(15)12(8-11)9-16-14(10-17)4-6-18-7-5-14/h2-3,8,16-17H,4-7,9-10H2,1H3. The Morgan fingerprint density at radius 3 is 2.78 bits per heavy atom. The summed E-state index contributed by atoms with van der Waals surface area (Å²) < 4.78 is 18.9. The largest absolute Gasteiger partial charge is 0.394 e. The van der Waals surface area contributed by atoms with Gasteiger partial charge < -0.3 is 15.2 Å². The summed E-state index contributed by atoms with van der Waals surface area (Å²) in [5.74, 6) is -0.201. The molecule has 1 aliphatic rings. The molecule has 3 nitrogen and oxygen atoms in total. The van der Waals surface area contributed by atoms with Gasteiger partial charge in [0.1, 0.15) is 5.82 Å². The molecule has 1 fully saturated rings. The highest BCUT2D eigenvalue weighted by Gasteiger charge is 2.31. The highest BCUT2D eigenvalue weighted by molar-refractivity contribution is 5.24. The Balaban J connectivity index is 2.03. The summed E-state index contributed by atoms with van der Waals surface area (Å²) in [6.07, 6.45) is 1.52. The molecule has 0 bridgehead atoms. The second kappa shape index (κ2) is 5.78. The summed E-state index contributed by atoms with van der Waals surface area (Å²) in [6, 6.07) is 5.09. The van der Waals surface area contributed by atoms with Gasteiger partial charge in [0.25, 0.3) is 0 Å². The minimum absolute atomic E-state index is 0.0593. The molecule has 1 heterocycles. The van der Waals surface area contributed by atoms with Crippen molar-refractivity contribution in [2.24, 2.45) is 0 Å². The third-order valence-corrected chi connectivity index (χ3v) is 3.61. The van der Waals surface area contributed by atoms with Crippen LogP contribution in [0.1, 0.15) is 24.0 Å². The van der Waals surface area contributed by atoms with Crippen molar-refractivity contribution in [1.29, 1.82) is 0 Å². The zero-order valence-corrected chi connectivity index (χ0v) is 10.7. The molecule has 4 heteroatoms. The number of hydrogen-bond acceptors (Lipinski definition) is 3. The Hall–Kier alpha value is -0.970. The van der Waals surface area contributed by atoms with Crippen LogP contribution in [0, 0.1) is 12.7 Å². The number of ether oxygens (including phenoxy) is 1. The third-order valence-electron chi connectivity index (χ3n) is 3.61. The molecular weight excluding hydrogens is 233 g/mol. The van der Waals surface area contributed by atoms with E-state index in [4.69, 9.17) is 4.74 Å². The average molecular weight is 253 g/mol. The van der Waals surface area contributed by atoms with Gasteiger partial charge in [-0.25, -0.2) is 4.39 Å². The number of aliphatic hydroxyl groups is 1. The number of halogens is 1. The van der Waals surface area contributed by atoms with Crippen LogP contribution in [0.5, 0.6) is 0 Å². The molecule has 0 spiro atoms. The first-order chi connectivity index (χ1) is 8.65. The third kappa shape index (κ3) is 3.07. The maximum Gasteiger partial charge on any atom is 0.127 e. The monoisotopic (exact) mass is 253 g/mol. The van der Waals surface area contributed by atoms with Crippen LogP contribution in [0.4, 0.5) is 4.39 Å². The molecule has 1 aromatic rings. The van der Waals surface area contributed by atoms with Crippen molar-refractivity contribution in [3.8, 4) is 0 Å².